The highest BCUT2D eigenvalue weighted by Gasteiger charge is 2.16. The summed E-state index contributed by atoms with van der Waals surface area (Å²) in [5.41, 5.74) is 0. The molecule has 0 amide bonds. The van der Waals surface area contributed by atoms with E-state index in [9.17, 15) is 43.5 Å². The Morgan fingerprint density at radius 1 is 1.03 bits per heavy atom. The molecule has 4 unspecified atom stereocenters. The molecule has 0 spiro atoms. The van der Waals surface area contributed by atoms with Crippen LogP contribution in [0.2, 0.25) is 0 Å². The van der Waals surface area contributed by atoms with Crippen molar-refractivity contribution in [3.05, 3.63) is 0 Å². The van der Waals surface area contributed by atoms with E-state index in [1.165, 1.54) is 0 Å². The van der Waals surface area contributed by atoms with E-state index in [-0.39, 0.29) is 19.1 Å². The largest absolute Gasteiger partial charge is 0.833 e. The van der Waals surface area contributed by atoms with Gasteiger partial charge in [-0.2, -0.15) is 0 Å². The minimum atomic E-state index is -3.99. The molecule has 0 aromatic rings. The van der Waals surface area contributed by atoms with Gasteiger partial charge in [0.25, 0.3) is 0 Å². The second-order valence-electron chi connectivity index (χ2n) is 4.45. The summed E-state index contributed by atoms with van der Waals surface area (Å²) < 4.78 is 63.6. The fourth-order valence-electron chi connectivity index (χ4n) is 1.02. The van der Waals surface area contributed by atoms with E-state index in [0.29, 0.717) is 6.54 Å². The fourth-order valence-corrected chi connectivity index (χ4v) is 2.16. The van der Waals surface area contributed by atoms with Crippen LogP contribution in [-0.4, -0.2) is 59.1 Å². The molecule has 21 heteroatoms. The van der Waals surface area contributed by atoms with E-state index >= 15 is 0 Å². The zero-order valence-corrected chi connectivity index (χ0v) is 19.6. The van der Waals surface area contributed by atoms with Crippen LogP contribution in [0.5, 0.6) is 0 Å². The summed E-state index contributed by atoms with van der Waals surface area (Å²) in [6, 6.07) is 0. The van der Waals surface area contributed by atoms with Crippen molar-refractivity contribution in [2.45, 2.75) is 0 Å². The Morgan fingerprint density at radius 2 is 1.47 bits per heavy atom. The summed E-state index contributed by atoms with van der Waals surface area (Å²) in [5, 5.41) is 31.0. The van der Waals surface area contributed by atoms with Crippen LogP contribution < -0.4 is 30.6 Å². The van der Waals surface area contributed by atoms with Gasteiger partial charge in [0.15, 0.2) is 0 Å². The molecule has 0 saturated heterocycles. The minimum absolute atomic E-state index is 0.0945. The van der Waals surface area contributed by atoms with Gasteiger partial charge in [0.1, 0.15) is 13.2 Å². The van der Waals surface area contributed by atoms with Crippen LogP contribution in [0.1, 0.15) is 0 Å². The molecule has 0 aliphatic carbocycles. The predicted octanol–water partition coefficient (Wildman–Crippen LogP) is -3.61. The van der Waals surface area contributed by atoms with E-state index in [0.717, 1.165) is 13.8 Å². The molecule has 0 fully saturated rings. The molecule has 0 heterocycles. The van der Waals surface area contributed by atoms with Crippen molar-refractivity contribution in [3.8, 4) is 0 Å². The molecule has 0 bridgehead atoms. The Balaban J connectivity index is -0.000000391. The standard InChI is InChI=1S/C5H11NO6P2.2C2H6O5P/c1-6-2-5(3-11-13(7)8)4-12-14(9)10;1-8(5,7-4)6-2-3;1-6-8(4,5)7-2-3/h5-6H,2-4H2,1H3;4H,2H2,1H3;2H2,1H3,(H,4,5)/q;2*-1/p-1. The molecule has 4 atom stereocenters. The van der Waals surface area contributed by atoms with Gasteiger partial charge in [0.05, 0.1) is 0 Å². The second kappa shape index (κ2) is 21.0. The summed E-state index contributed by atoms with van der Waals surface area (Å²) in [4.78, 5) is 28.4. The van der Waals surface area contributed by atoms with Crippen molar-refractivity contribution in [2.24, 2.45) is 5.92 Å². The lowest BCUT2D eigenvalue weighted by molar-refractivity contribution is -0.641. The van der Waals surface area contributed by atoms with Crippen molar-refractivity contribution < 1.29 is 75.7 Å². The highest BCUT2D eigenvalue weighted by molar-refractivity contribution is 7.52. The first-order valence-electron chi connectivity index (χ1n) is 7.22. The third-order valence-electron chi connectivity index (χ3n) is 2.19. The van der Waals surface area contributed by atoms with Gasteiger partial charge in [0.2, 0.25) is 0 Å². The molecule has 30 heavy (non-hydrogen) atoms. The lowest BCUT2D eigenvalue weighted by Crippen LogP contribution is -2.26. The third-order valence-corrected chi connectivity index (χ3v) is 4.65. The van der Waals surface area contributed by atoms with Crippen LogP contribution in [-0.2, 0) is 45.6 Å². The lowest BCUT2D eigenvalue weighted by Gasteiger charge is -2.17. The maximum absolute atomic E-state index is 10.2. The smallest absolute Gasteiger partial charge is 0.488 e. The van der Waals surface area contributed by atoms with Crippen LogP contribution >= 0.6 is 31.9 Å². The molecular weight excluding hydrogens is 502 g/mol. The van der Waals surface area contributed by atoms with Crippen molar-refractivity contribution in [2.75, 3.05) is 54.2 Å². The van der Waals surface area contributed by atoms with Gasteiger partial charge < -0.3 is 49.2 Å². The number of hydrogen-bond donors (Lipinski definition) is 2. The maximum atomic E-state index is 10.2. The SMILES string of the molecule is CNCC(CO[P+](=O)[O-])CO[P+](=O)[O-].COP(=O)(O)OC[O-].CP(=O)(O[O-])OC[O-]. The topological polar surface area (TPSA) is 271 Å². The second-order valence-corrected chi connectivity index (χ2v) is 9.37. The quantitative estimate of drug-likeness (QED) is 0.0960. The van der Waals surface area contributed by atoms with Gasteiger partial charge in [-0.25, -0.2) is 4.57 Å². The Bertz CT molecular complexity index is 505. The first-order valence-corrected chi connectivity index (χ1v) is 12.9. The molecule has 0 aromatic carbocycles. The zero-order chi connectivity index (χ0) is 24.2. The molecule has 182 valence electrons. The molecule has 17 nitrogen and oxygen atoms in total. The Labute approximate surface area is 173 Å². The summed E-state index contributed by atoms with van der Waals surface area (Å²) in [6.45, 7) is -0.937. The van der Waals surface area contributed by atoms with E-state index in [2.05, 4.69) is 32.6 Å². The molecule has 0 aliphatic rings. The molecular formula is C9H22NO16P4-3. The monoisotopic (exact) mass is 524 g/mol. The molecule has 0 aromatic heterocycles. The molecule has 2 N–H and O–H groups in total. The molecule has 0 aliphatic heterocycles. The Morgan fingerprint density at radius 3 is 1.67 bits per heavy atom. The van der Waals surface area contributed by atoms with Crippen molar-refractivity contribution >= 4 is 31.9 Å². The van der Waals surface area contributed by atoms with Crippen LogP contribution in [0.3, 0.4) is 0 Å². The number of phosphoric ester groups is 1. The first kappa shape index (κ1) is 34.7. The minimum Gasteiger partial charge on any atom is -0.833 e. The van der Waals surface area contributed by atoms with E-state index in [1.54, 1.807) is 7.05 Å². The van der Waals surface area contributed by atoms with Gasteiger partial charge in [-0.3, -0.25) is 9.09 Å². The average molecular weight is 524 g/mol. The van der Waals surface area contributed by atoms with E-state index in [1.807, 2.05) is 0 Å². The summed E-state index contributed by atoms with van der Waals surface area (Å²) in [5.74, 6) is -0.319. The van der Waals surface area contributed by atoms with E-state index in [4.69, 9.17) is 4.89 Å². The van der Waals surface area contributed by atoms with Crippen LogP contribution in [0.25, 0.3) is 0 Å². The van der Waals surface area contributed by atoms with Crippen molar-refractivity contribution in [3.63, 3.8) is 0 Å². The summed E-state index contributed by atoms with van der Waals surface area (Å²) in [7, 11) is -10.7. The van der Waals surface area contributed by atoms with Crippen LogP contribution in [0.4, 0.5) is 0 Å². The van der Waals surface area contributed by atoms with Gasteiger partial charge in [0, 0.05) is 26.2 Å². The predicted molar refractivity (Wildman–Crippen MR) is 87.9 cm³/mol. The van der Waals surface area contributed by atoms with E-state index < -0.39 is 45.5 Å². The first-order chi connectivity index (χ1) is 13.8. The summed E-state index contributed by atoms with van der Waals surface area (Å²) in [6.07, 6.45) is 0. The molecule has 0 saturated carbocycles. The maximum Gasteiger partial charge on any atom is 0.488 e. The highest BCUT2D eigenvalue weighted by atomic mass is 31.2. The number of phosphoric acid groups is 1. The zero-order valence-electron chi connectivity index (χ0n) is 16.0. The van der Waals surface area contributed by atoms with Gasteiger partial charge >= 0.3 is 31.9 Å². The Kier molecular flexibility index (Phi) is 24.3. The lowest BCUT2D eigenvalue weighted by atomic mass is 10.2. The normalized spacial score (nSPS) is 16.6. The van der Waals surface area contributed by atoms with Crippen molar-refractivity contribution in [1.82, 2.24) is 5.32 Å². The molecule has 0 rings (SSSR count). The highest BCUT2D eigenvalue weighted by Crippen LogP contribution is 2.41. The average Bonchev–Trinajstić information content (AvgIpc) is 2.65. The van der Waals surface area contributed by atoms with Crippen LogP contribution in [0.15, 0.2) is 0 Å². The van der Waals surface area contributed by atoms with Crippen molar-refractivity contribution in [1.29, 1.82) is 0 Å². The van der Waals surface area contributed by atoms with Gasteiger partial charge in [-0.15, -0.1) is 9.05 Å². The number of rotatable bonds is 14. The van der Waals surface area contributed by atoms with Crippen LogP contribution in [0, 0.1) is 5.92 Å². The fraction of sp³-hybridized carbons (Fsp3) is 1.00. The number of hydrogen-bond acceptors (Lipinski definition) is 16. The summed E-state index contributed by atoms with van der Waals surface area (Å²) >= 11 is 0. The van der Waals surface area contributed by atoms with Gasteiger partial charge in [-0.1, -0.05) is 0 Å². The number of nitrogens with one attached hydrogen (secondary N) is 1. The Hall–Kier alpha value is 0.140. The third kappa shape index (κ3) is 28.1. The van der Waals surface area contributed by atoms with Gasteiger partial charge in [-0.05, 0) is 29.8 Å². The molecule has 0 radical (unpaired) electrons.